The Labute approximate surface area is 192 Å². The van der Waals surface area contributed by atoms with Crippen molar-refractivity contribution in [3.63, 3.8) is 0 Å². The molecule has 0 fully saturated rings. The summed E-state index contributed by atoms with van der Waals surface area (Å²) < 4.78 is 2.10. The van der Waals surface area contributed by atoms with Crippen molar-refractivity contribution in [3.05, 3.63) is 68.6 Å². The van der Waals surface area contributed by atoms with Crippen LogP contribution < -0.4 is 29.4 Å². The van der Waals surface area contributed by atoms with Crippen LogP contribution in [-0.2, 0) is 0 Å². The monoisotopic (exact) mass is 608 g/mol. The maximum atomic E-state index is 4.51. The van der Waals surface area contributed by atoms with E-state index in [0.29, 0.717) is 0 Å². The molecule has 0 aromatic heterocycles. The van der Waals surface area contributed by atoms with Crippen LogP contribution in [0.15, 0.2) is 72.8 Å². The zero-order valence-electron chi connectivity index (χ0n) is 14.6. The van der Waals surface area contributed by atoms with Crippen molar-refractivity contribution in [2.75, 3.05) is 6.26 Å². The first-order chi connectivity index (χ1) is 12.0. The van der Waals surface area contributed by atoms with Crippen molar-refractivity contribution in [1.29, 1.82) is 0 Å². The van der Waals surface area contributed by atoms with E-state index in [1.54, 1.807) is 5.43 Å². The number of amidine groups is 1. The van der Waals surface area contributed by atoms with Gasteiger partial charge in [-0.05, 0) is 61.7 Å². The van der Waals surface area contributed by atoms with Gasteiger partial charge in [-0.2, -0.15) is 5.43 Å². The minimum absolute atomic E-state index is 0. The van der Waals surface area contributed by atoms with Crippen molar-refractivity contribution in [1.82, 2.24) is 0 Å². The average molecular weight is 610 g/mol. The lowest BCUT2D eigenvalue weighted by atomic mass is 10.1. The zero-order chi connectivity index (χ0) is 18.2. The van der Waals surface area contributed by atoms with E-state index < -0.39 is 0 Å². The second-order valence-electron chi connectivity index (χ2n) is 5.19. The number of hydrogen-bond acceptors (Lipinski definition) is 4. The Morgan fingerprint density at radius 2 is 1.27 bits per heavy atom. The number of quaternary nitrogens is 1. The highest BCUT2D eigenvalue weighted by Crippen LogP contribution is 2.12. The van der Waals surface area contributed by atoms with E-state index in [9.17, 15) is 0 Å². The van der Waals surface area contributed by atoms with Crippen LogP contribution in [-0.4, -0.2) is 22.8 Å². The summed E-state index contributed by atoms with van der Waals surface area (Å²) in [7, 11) is 0. The molecule has 0 aliphatic rings. The van der Waals surface area contributed by atoms with Crippen molar-refractivity contribution in [3.8, 4) is 0 Å². The van der Waals surface area contributed by atoms with Gasteiger partial charge in [0.15, 0.2) is 0 Å². The number of halogens is 3. The lowest BCUT2D eigenvalue weighted by Gasteiger charge is -2.00. The van der Waals surface area contributed by atoms with Gasteiger partial charge in [0.1, 0.15) is 5.71 Å². The predicted octanol–water partition coefficient (Wildman–Crippen LogP) is 1.65. The van der Waals surface area contributed by atoms with Crippen LogP contribution in [0, 0.1) is 0 Å². The summed E-state index contributed by atoms with van der Waals surface area (Å²) >= 11 is 8.38. The van der Waals surface area contributed by atoms with Crippen LogP contribution in [0.1, 0.15) is 25.0 Å². The van der Waals surface area contributed by atoms with Gasteiger partial charge in [-0.1, -0.05) is 66.3 Å². The fraction of sp³-hybridized carbons (Fsp3) is 0.167. The highest BCUT2D eigenvalue weighted by Gasteiger charge is 2.04. The minimum Gasteiger partial charge on any atom is -1.00 e. The van der Waals surface area contributed by atoms with Gasteiger partial charge in [0.25, 0.3) is 0 Å². The van der Waals surface area contributed by atoms with Crippen LogP contribution >= 0.6 is 43.6 Å². The first-order valence-electron chi connectivity index (χ1n) is 7.55. The van der Waals surface area contributed by atoms with Gasteiger partial charge < -0.3 is 24.0 Å². The Balaban J connectivity index is 0.00000338. The lowest BCUT2D eigenvalue weighted by Crippen LogP contribution is -3.00. The molecule has 2 rings (SSSR count). The summed E-state index contributed by atoms with van der Waals surface area (Å²) in [6, 6.07) is 16.1. The first-order valence-corrected chi connectivity index (χ1v) is 10.4. The average Bonchev–Trinajstić information content (AvgIpc) is 2.62. The fourth-order valence-electron chi connectivity index (χ4n) is 1.91. The van der Waals surface area contributed by atoms with Crippen LogP contribution in [0.3, 0.4) is 0 Å². The van der Waals surface area contributed by atoms with E-state index in [2.05, 4.69) is 47.2 Å². The van der Waals surface area contributed by atoms with Crippen molar-refractivity contribution in [2.24, 2.45) is 15.3 Å². The van der Waals surface area contributed by atoms with Crippen molar-refractivity contribution in [2.45, 2.75) is 13.8 Å². The molecule has 4 nitrogen and oxygen atoms in total. The second-order valence-corrected chi connectivity index (χ2v) is 7.84. The normalized spacial score (nSPS) is 12.7. The molecule has 0 amide bonds. The van der Waals surface area contributed by atoms with Gasteiger partial charge in [-0.15, -0.1) is 5.10 Å². The van der Waals surface area contributed by atoms with E-state index >= 15 is 0 Å². The summed E-state index contributed by atoms with van der Waals surface area (Å²) in [5.41, 5.74) is 5.67. The van der Waals surface area contributed by atoms with Crippen molar-refractivity contribution < 1.29 is 29.4 Å². The number of nitrogens with two attached hydrogens (primary N) is 1. The van der Waals surface area contributed by atoms with Gasteiger partial charge >= 0.3 is 5.17 Å². The molecule has 8 heteroatoms. The molecule has 0 spiro atoms. The van der Waals surface area contributed by atoms with E-state index in [1.165, 1.54) is 11.8 Å². The SMILES string of the molecule is CS/C(=N/N=C(\C)c1ccc(Br)cc1)[NH2+]/N=C(\C)c1ccc(Br)cc1.[I-]. The third-order valence-corrected chi connectivity index (χ3v) is 5.06. The number of benzene rings is 2. The Morgan fingerprint density at radius 1 is 0.808 bits per heavy atom. The number of nitrogens with zero attached hydrogens (tertiary/aromatic N) is 3. The number of rotatable bonds is 4. The molecule has 0 heterocycles. The molecular formula is C18H19Br2IN4S. The third kappa shape index (κ3) is 7.59. The molecule has 2 N–H and O–H groups in total. The largest absolute Gasteiger partial charge is 1.00 e. The van der Waals surface area contributed by atoms with E-state index in [0.717, 1.165) is 36.7 Å². The molecular weight excluding hydrogens is 591 g/mol. The van der Waals surface area contributed by atoms with Gasteiger partial charge in [0.2, 0.25) is 0 Å². The predicted molar refractivity (Wildman–Crippen MR) is 116 cm³/mol. The molecule has 26 heavy (non-hydrogen) atoms. The summed E-state index contributed by atoms with van der Waals surface area (Å²) in [4.78, 5) is 0. The van der Waals surface area contributed by atoms with Crippen LogP contribution in [0.5, 0.6) is 0 Å². The fourth-order valence-corrected chi connectivity index (χ4v) is 2.72. The maximum absolute atomic E-state index is 4.51. The first kappa shape index (κ1) is 23.5. The van der Waals surface area contributed by atoms with Gasteiger partial charge in [-0.3, -0.25) is 0 Å². The summed E-state index contributed by atoms with van der Waals surface area (Å²) in [5.74, 6) is 0. The Kier molecular flexibility index (Phi) is 10.9. The maximum Gasteiger partial charge on any atom is 0.305 e. The summed E-state index contributed by atoms with van der Waals surface area (Å²) in [6.07, 6.45) is 1.96. The second kappa shape index (κ2) is 12.0. The topological polar surface area (TPSA) is 53.7 Å². The Hall–Kier alpha value is -0.550. The lowest BCUT2D eigenvalue weighted by molar-refractivity contribution is -0.540. The van der Waals surface area contributed by atoms with E-state index in [1.807, 2.05) is 68.6 Å². The summed E-state index contributed by atoms with van der Waals surface area (Å²) in [6.45, 7) is 3.93. The molecule has 2 aromatic rings. The Morgan fingerprint density at radius 3 is 1.73 bits per heavy atom. The number of hydrogen-bond donors (Lipinski definition) is 1. The molecule has 2 aromatic carbocycles. The minimum atomic E-state index is 0. The molecule has 0 saturated heterocycles. The Bertz CT molecular complexity index is 803. The van der Waals surface area contributed by atoms with Crippen LogP contribution in [0.4, 0.5) is 0 Å². The van der Waals surface area contributed by atoms with Gasteiger partial charge in [0.05, 0.1) is 5.71 Å². The molecule has 0 unspecified atom stereocenters. The van der Waals surface area contributed by atoms with Crippen molar-refractivity contribution >= 4 is 60.2 Å². The van der Waals surface area contributed by atoms with Gasteiger partial charge in [-0.25, -0.2) is 0 Å². The van der Waals surface area contributed by atoms with Gasteiger partial charge in [0, 0.05) is 14.5 Å². The van der Waals surface area contributed by atoms with Crippen LogP contribution in [0.2, 0.25) is 0 Å². The van der Waals surface area contributed by atoms with E-state index in [-0.39, 0.29) is 24.0 Å². The molecule has 0 aliphatic carbocycles. The highest BCUT2D eigenvalue weighted by atomic mass is 127. The zero-order valence-corrected chi connectivity index (χ0v) is 20.7. The molecule has 0 aliphatic heterocycles. The smallest absolute Gasteiger partial charge is 0.305 e. The third-order valence-electron chi connectivity index (χ3n) is 3.40. The summed E-state index contributed by atoms with van der Waals surface area (Å²) in [5, 5.41) is 13.9. The van der Waals surface area contributed by atoms with E-state index in [4.69, 9.17) is 0 Å². The molecule has 0 bridgehead atoms. The molecule has 138 valence electrons. The molecule has 0 radical (unpaired) electrons. The quantitative estimate of drug-likeness (QED) is 0.185. The molecule has 0 atom stereocenters. The number of thioether (sulfide) groups is 1. The molecule has 0 saturated carbocycles. The highest BCUT2D eigenvalue weighted by molar-refractivity contribution is 9.10. The van der Waals surface area contributed by atoms with Crippen LogP contribution in [0.25, 0.3) is 0 Å². The standard InChI is InChI=1S/C18H18Br2N4S.HI/c1-12(14-4-8-16(19)9-5-14)21-23-18(25-3)24-22-13(2)15-6-10-17(20)11-7-15;/h4-11H,1-3H3,(H,23,24);1H/b21-12+,22-13+;.